The highest BCUT2D eigenvalue weighted by molar-refractivity contribution is 7.91. The lowest BCUT2D eigenvalue weighted by Crippen LogP contribution is -2.45. The van der Waals surface area contributed by atoms with Crippen LogP contribution in [0.15, 0.2) is 52.7 Å². The van der Waals surface area contributed by atoms with Crippen LogP contribution in [0.5, 0.6) is 0 Å². The number of hydrogen-bond donors (Lipinski definition) is 1. The average molecular weight is 555 g/mol. The Hall–Kier alpha value is -2.60. The predicted octanol–water partition coefficient (Wildman–Crippen LogP) is 4.55. The molecular formula is C24H25ClF2N4O3S2. The van der Waals surface area contributed by atoms with Gasteiger partial charge in [0.1, 0.15) is 16.1 Å². The minimum Gasteiger partial charge on any atom is -0.363 e. The van der Waals surface area contributed by atoms with Crippen LogP contribution in [0.25, 0.3) is 11.3 Å². The number of rotatable bonds is 7. The van der Waals surface area contributed by atoms with E-state index in [2.05, 4.69) is 10.3 Å². The van der Waals surface area contributed by atoms with Crippen LogP contribution in [0, 0.1) is 6.92 Å². The molecule has 0 bridgehead atoms. The van der Waals surface area contributed by atoms with Gasteiger partial charge in [0.2, 0.25) is 5.91 Å². The van der Waals surface area contributed by atoms with Crippen molar-refractivity contribution in [2.45, 2.75) is 36.1 Å². The van der Waals surface area contributed by atoms with Crippen molar-refractivity contribution >= 4 is 44.7 Å². The van der Waals surface area contributed by atoms with E-state index in [9.17, 15) is 22.0 Å². The minimum atomic E-state index is -4.32. The first-order valence-electron chi connectivity index (χ1n) is 11.0. The zero-order valence-electron chi connectivity index (χ0n) is 19.8. The third-order valence-electron chi connectivity index (χ3n) is 5.78. The van der Waals surface area contributed by atoms with Gasteiger partial charge in [-0.3, -0.25) is 4.79 Å². The number of carbonyl (C=O) groups excluding carboxylic acids is 1. The molecule has 1 saturated heterocycles. The molecule has 1 aliphatic heterocycles. The zero-order valence-corrected chi connectivity index (χ0v) is 22.2. The molecule has 36 heavy (non-hydrogen) atoms. The van der Waals surface area contributed by atoms with Crippen LogP contribution in [-0.2, 0) is 21.4 Å². The van der Waals surface area contributed by atoms with Gasteiger partial charge in [0.05, 0.1) is 16.6 Å². The number of nitrogens with one attached hydrogen (secondary N) is 1. The van der Waals surface area contributed by atoms with Gasteiger partial charge in [0.25, 0.3) is 15.9 Å². The monoisotopic (exact) mass is 554 g/mol. The van der Waals surface area contributed by atoms with Gasteiger partial charge in [-0.05, 0) is 36.8 Å². The van der Waals surface area contributed by atoms with E-state index in [4.69, 9.17) is 11.6 Å². The summed E-state index contributed by atoms with van der Waals surface area (Å²) in [4.78, 5) is 19.5. The van der Waals surface area contributed by atoms with Crippen molar-refractivity contribution in [3.05, 3.63) is 64.0 Å². The van der Waals surface area contributed by atoms with Crippen molar-refractivity contribution in [2.24, 2.45) is 0 Å². The SMILES string of the molecule is Cc1ccc(-c2cc(CNC(=O)[C@@H]3CC(F)(F)CN3S(=O)(=O)c3ccc(Cl)s3)cc(N(C)C)n2)cc1. The molecule has 2 aromatic heterocycles. The van der Waals surface area contributed by atoms with Crippen LogP contribution >= 0.6 is 22.9 Å². The Labute approximate surface area is 217 Å². The number of aromatic nitrogens is 1. The van der Waals surface area contributed by atoms with Crippen molar-refractivity contribution in [1.82, 2.24) is 14.6 Å². The van der Waals surface area contributed by atoms with Crippen LogP contribution in [0.2, 0.25) is 4.34 Å². The minimum absolute atomic E-state index is 0.0157. The van der Waals surface area contributed by atoms with Crippen molar-refractivity contribution in [2.75, 3.05) is 25.5 Å². The third kappa shape index (κ3) is 5.69. The highest BCUT2D eigenvalue weighted by Crippen LogP contribution is 2.38. The topological polar surface area (TPSA) is 82.6 Å². The highest BCUT2D eigenvalue weighted by Gasteiger charge is 2.53. The number of alkyl halides is 2. The largest absolute Gasteiger partial charge is 0.363 e. The summed E-state index contributed by atoms with van der Waals surface area (Å²) in [5.41, 5.74) is 3.38. The molecule has 0 unspecified atom stereocenters. The average Bonchev–Trinajstić information content (AvgIpc) is 3.41. The third-order valence-corrected chi connectivity index (χ3v) is 9.34. The summed E-state index contributed by atoms with van der Waals surface area (Å²) in [6, 6.07) is 12.5. The summed E-state index contributed by atoms with van der Waals surface area (Å²) in [6.45, 7) is 0.930. The second-order valence-electron chi connectivity index (χ2n) is 8.88. The first-order chi connectivity index (χ1) is 16.9. The summed E-state index contributed by atoms with van der Waals surface area (Å²) in [5, 5.41) is 2.64. The van der Waals surface area contributed by atoms with E-state index in [0.29, 0.717) is 21.4 Å². The van der Waals surface area contributed by atoms with Gasteiger partial charge in [-0.1, -0.05) is 41.4 Å². The number of carbonyl (C=O) groups is 1. The number of amides is 1. The number of benzene rings is 1. The first-order valence-corrected chi connectivity index (χ1v) is 13.7. The molecule has 12 heteroatoms. The molecular weight excluding hydrogens is 530 g/mol. The van der Waals surface area contributed by atoms with Crippen molar-refractivity contribution < 1.29 is 22.0 Å². The number of sulfonamides is 1. The Morgan fingerprint density at radius 1 is 1.22 bits per heavy atom. The molecule has 0 spiro atoms. The fourth-order valence-corrected chi connectivity index (χ4v) is 7.12. The molecule has 3 heterocycles. The molecule has 1 aromatic carbocycles. The number of thiophene rings is 1. The maximum absolute atomic E-state index is 14.3. The number of halogens is 3. The van der Waals surface area contributed by atoms with E-state index in [1.807, 2.05) is 56.3 Å². The van der Waals surface area contributed by atoms with Crippen LogP contribution in [0.4, 0.5) is 14.6 Å². The van der Waals surface area contributed by atoms with Gasteiger partial charge in [-0.15, -0.1) is 11.3 Å². The quantitative estimate of drug-likeness (QED) is 0.463. The van der Waals surface area contributed by atoms with Crippen molar-refractivity contribution in [1.29, 1.82) is 0 Å². The Morgan fingerprint density at radius 3 is 2.53 bits per heavy atom. The van der Waals surface area contributed by atoms with E-state index < -0.39 is 40.9 Å². The molecule has 1 aliphatic rings. The molecule has 0 aliphatic carbocycles. The maximum atomic E-state index is 14.3. The van der Waals surface area contributed by atoms with Gasteiger partial charge in [-0.25, -0.2) is 22.2 Å². The fraction of sp³-hybridized carbons (Fsp3) is 0.333. The lowest BCUT2D eigenvalue weighted by atomic mass is 10.1. The normalized spacial score (nSPS) is 17.8. The molecule has 1 fully saturated rings. The van der Waals surface area contributed by atoms with Gasteiger partial charge < -0.3 is 10.2 Å². The summed E-state index contributed by atoms with van der Waals surface area (Å²) in [5.74, 6) is -3.47. The van der Waals surface area contributed by atoms with Crippen LogP contribution in [-0.4, -0.2) is 56.2 Å². The molecule has 0 radical (unpaired) electrons. The molecule has 4 rings (SSSR count). The second-order valence-corrected chi connectivity index (χ2v) is 12.7. The number of hydrogen-bond acceptors (Lipinski definition) is 6. The molecule has 1 atom stereocenters. The van der Waals surface area contributed by atoms with Gasteiger partial charge >= 0.3 is 0 Å². The van der Waals surface area contributed by atoms with Crippen LogP contribution in [0.1, 0.15) is 17.5 Å². The number of anilines is 1. The van der Waals surface area contributed by atoms with E-state index in [1.54, 1.807) is 6.07 Å². The molecule has 0 saturated carbocycles. The fourth-order valence-electron chi connectivity index (χ4n) is 3.90. The van der Waals surface area contributed by atoms with E-state index in [-0.39, 0.29) is 15.1 Å². The summed E-state index contributed by atoms with van der Waals surface area (Å²) < 4.78 is 55.2. The van der Waals surface area contributed by atoms with Crippen molar-refractivity contribution in [3.8, 4) is 11.3 Å². The Bertz CT molecular complexity index is 1380. The van der Waals surface area contributed by atoms with Gasteiger partial charge in [0, 0.05) is 32.6 Å². The lowest BCUT2D eigenvalue weighted by molar-refractivity contribution is -0.124. The summed E-state index contributed by atoms with van der Waals surface area (Å²) >= 11 is 6.60. The van der Waals surface area contributed by atoms with Crippen LogP contribution in [0.3, 0.4) is 0 Å². The van der Waals surface area contributed by atoms with Crippen LogP contribution < -0.4 is 10.2 Å². The summed E-state index contributed by atoms with van der Waals surface area (Å²) in [7, 11) is -0.646. The Balaban J connectivity index is 1.57. The van der Waals surface area contributed by atoms with Gasteiger partial charge in [0.15, 0.2) is 0 Å². The Morgan fingerprint density at radius 2 is 1.92 bits per heavy atom. The maximum Gasteiger partial charge on any atom is 0.263 e. The number of pyridine rings is 1. The molecule has 1 amide bonds. The molecule has 192 valence electrons. The number of nitrogens with zero attached hydrogens (tertiary/aromatic N) is 3. The first kappa shape index (κ1) is 26.5. The molecule has 7 nitrogen and oxygen atoms in total. The van der Waals surface area contributed by atoms with E-state index in [1.165, 1.54) is 12.1 Å². The smallest absolute Gasteiger partial charge is 0.263 e. The van der Waals surface area contributed by atoms with E-state index in [0.717, 1.165) is 22.5 Å². The highest BCUT2D eigenvalue weighted by atomic mass is 35.5. The summed E-state index contributed by atoms with van der Waals surface area (Å²) in [6.07, 6.45) is -0.898. The predicted molar refractivity (Wildman–Crippen MR) is 137 cm³/mol. The van der Waals surface area contributed by atoms with Crippen molar-refractivity contribution in [3.63, 3.8) is 0 Å². The van der Waals surface area contributed by atoms with E-state index >= 15 is 0 Å². The Kier molecular flexibility index (Phi) is 7.38. The lowest BCUT2D eigenvalue weighted by Gasteiger charge is -2.22. The van der Waals surface area contributed by atoms with Gasteiger partial charge in [-0.2, -0.15) is 4.31 Å². The molecule has 3 aromatic rings. The molecule has 1 N–H and O–H groups in total. The second kappa shape index (κ2) is 10.0. The number of aryl methyl sites for hydroxylation is 1. The standard InChI is InChI=1S/C24H25ClF2N4O3S2/c1-15-4-6-17(7-5-15)18-10-16(11-21(29-18)30(2)3)13-28-23(32)19-12-24(26,27)14-31(19)36(33,34)22-9-8-20(25)35-22/h4-11,19H,12-14H2,1-3H3,(H,28,32)/t19-/m0/s1. The zero-order chi connectivity index (χ0) is 26.3.